The van der Waals surface area contributed by atoms with Gasteiger partial charge in [-0.25, -0.2) is 0 Å². The molecule has 0 spiro atoms. The predicted molar refractivity (Wildman–Crippen MR) is 77.4 cm³/mol. The normalized spacial score (nSPS) is 10.2. The maximum absolute atomic E-state index is 11.9. The van der Waals surface area contributed by atoms with E-state index in [0.29, 0.717) is 17.9 Å². The minimum Gasteiger partial charge on any atom is -0.326 e. The zero-order valence-corrected chi connectivity index (χ0v) is 11.4. The quantitative estimate of drug-likeness (QED) is 0.925. The molecule has 19 heavy (non-hydrogen) atoms. The molecule has 1 heterocycles. The van der Waals surface area contributed by atoms with Crippen molar-refractivity contribution in [3.8, 4) is 0 Å². The molecule has 2 rings (SSSR count). The Bertz CT molecular complexity index is 570. The Kier molecular flexibility index (Phi) is 4.53. The summed E-state index contributed by atoms with van der Waals surface area (Å²) in [6.07, 6.45) is 4.60. The van der Waals surface area contributed by atoms with Crippen molar-refractivity contribution < 1.29 is 4.79 Å². The maximum atomic E-state index is 11.9. The van der Waals surface area contributed by atoms with Gasteiger partial charge in [0.05, 0.1) is 0 Å². The number of anilines is 1. The summed E-state index contributed by atoms with van der Waals surface area (Å²) >= 11 is 6.01. The van der Waals surface area contributed by atoms with Gasteiger partial charge in [0.2, 0.25) is 5.91 Å². The van der Waals surface area contributed by atoms with Crippen molar-refractivity contribution >= 4 is 23.2 Å². The molecule has 1 amide bonds. The summed E-state index contributed by atoms with van der Waals surface area (Å²) in [5, 5.41) is 3.54. The van der Waals surface area contributed by atoms with Gasteiger partial charge in [0.1, 0.15) is 0 Å². The van der Waals surface area contributed by atoms with Gasteiger partial charge in [-0.05, 0) is 48.7 Å². The van der Waals surface area contributed by atoms with Crippen molar-refractivity contribution in [2.24, 2.45) is 0 Å². The van der Waals surface area contributed by atoms with E-state index in [9.17, 15) is 4.79 Å². The van der Waals surface area contributed by atoms with Gasteiger partial charge in [0.15, 0.2) is 0 Å². The lowest BCUT2D eigenvalue weighted by Crippen LogP contribution is -2.13. The van der Waals surface area contributed by atoms with Crippen LogP contribution in [0.3, 0.4) is 0 Å². The molecule has 0 fully saturated rings. The Morgan fingerprint density at radius 1 is 1.26 bits per heavy atom. The summed E-state index contributed by atoms with van der Waals surface area (Å²) in [6, 6.07) is 9.32. The van der Waals surface area contributed by atoms with Gasteiger partial charge in [0, 0.05) is 29.5 Å². The number of carbonyl (C=O) groups excluding carboxylic acids is 1. The Morgan fingerprint density at radius 2 is 2.00 bits per heavy atom. The van der Waals surface area contributed by atoms with E-state index in [1.807, 2.05) is 37.3 Å². The molecule has 1 aromatic carbocycles. The minimum absolute atomic E-state index is 0.0119. The Morgan fingerprint density at radius 3 is 2.74 bits per heavy atom. The van der Waals surface area contributed by atoms with E-state index in [2.05, 4.69) is 10.3 Å². The summed E-state index contributed by atoms with van der Waals surface area (Å²) in [6.45, 7) is 1.89. The molecule has 2 aromatic rings. The number of amides is 1. The van der Waals surface area contributed by atoms with Crippen molar-refractivity contribution in [2.45, 2.75) is 19.8 Å². The molecule has 4 heteroatoms. The average Bonchev–Trinajstić information content (AvgIpc) is 2.43. The van der Waals surface area contributed by atoms with E-state index in [1.165, 1.54) is 0 Å². The van der Waals surface area contributed by atoms with E-state index in [1.54, 1.807) is 12.4 Å². The first-order valence-corrected chi connectivity index (χ1v) is 6.48. The fourth-order valence-electron chi connectivity index (χ4n) is 1.76. The smallest absolute Gasteiger partial charge is 0.224 e. The van der Waals surface area contributed by atoms with Gasteiger partial charge in [-0.3, -0.25) is 9.78 Å². The van der Waals surface area contributed by atoms with Gasteiger partial charge in [-0.15, -0.1) is 0 Å². The van der Waals surface area contributed by atoms with Gasteiger partial charge >= 0.3 is 0 Å². The van der Waals surface area contributed by atoms with Gasteiger partial charge < -0.3 is 5.32 Å². The topological polar surface area (TPSA) is 42.0 Å². The zero-order valence-electron chi connectivity index (χ0n) is 10.7. The third-order valence-corrected chi connectivity index (χ3v) is 3.34. The van der Waals surface area contributed by atoms with Crippen molar-refractivity contribution in [3.63, 3.8) is 0 Å². The van der Waals surface area contributed by atoms with Crippen LogP contribution in [-0.4, -0.2) is 10.9 Å². The Balaban J connectivity index is 1.93. The molecule has 0 saturated carbocycles. The van der Waals surface area contributed by atoms with Crippen LogP contribution in [-0.2, 0) is 11.2 Å². The van der Waals surface area contributed by atoms with E-state index in [4.69, 9.17) is 11.6 Å². The number of carbonyl (C=O) groups is 1. The third kappa shape index (κ3) is 3.80. The standard InChI is InChI=1S/C15H15ClN2O/c1-11-13(16)3-2-4-14(11)18-15(19)6-5-12-7-9-17-10-8-12/h2-4,7-10H,5-6H2,1H3,(H,18,19). The second-order valence-electron chi connectivity index (χ2n) is 4.32. The molecule has 0 saturated heterocycles. The van der Waals surface area contributed by atoms with Crippen LogP contribution in [0.15, 0.2) is 42.7 Å². The number of aryl methyl sites for hydroxylation is 1. The number of benzene rings is 1. The first kappa shape index (κ1) is 13.6. The number of nitrogens with one attached hydrogen (secondary N) is 1. The maximum Gasteiger partial charge on any atom is 0.224 e. The lowest BCUT2D eigenvalue weighted by atomic mass is 10.1. The van der Waals surface area contributed by atoms with Crippen molar-refractivity contribution in [2.75, 3.05) is 5.32 Å². The highest BCUT2D eigenvalue weighted by Crippen LogP contribution is 2.23. The Hall–Kier alpha value is -1.87. The molecule has 0 aliphatic carbocycles. The first-order valence-electron chi connectivity index (χ1n) is 6.10. The van der Waals surface area contributed by atoms with Gasteiger partial charge in [-0.2, -0.15) is 0 Å². The molecule has 0 radical (unpaired) electrons. The second-order valence-corrected chi connectivity index (χ2v) is 4.72. The number of pyridine rings is 1. The molecule has 1 aromatic heterocycles. The number of nitrogens with zero attached hydrogens (tertiary/aromatic N) is 1. The summed E-state index contributed by atoms with van der Waals surface area (Å²) in [5.74, 6) is -0.0119. The molecular weight excluding hydrogens is 260 g/mol. The molecule has 3 nitrogen and oxygen atoms in total. The highest BCUT2D eigenvalue weighted by atomic mass is 35.5. The number of aromatic nitrogens is 1. The fourth-order valence-corrected chi connectivity index (χ4v) is 1.94. The molecule has 0 aliphatic rings. The van der Waals surface area contributed by atoms with Gasteiger partial charge in [0.25, 0.3) is 0 Å². The third-order valence-electron chi connectivity index (χ3n) is 2.93. The molecular formula is C15H15ClN2O. The monoisotopic (exact) mass is 274 g/mol. The summed E-state index contributed by atoms with van der Waals surface area (Å²) < 4.78 is 0. The average molecular weight is 275 g/mol. The number of hydrogen-bond donors (Lipinski definition) is 1. The lowest BCUT2D eigenvalue weighted by Gasteiger charge is -2.09. The molecule has 0 unspecified atom stereocenters. The second kappa shape index (κ2) is 6.34. The van der Waals surface area contributed by atoms with Crippen molar-refractivity contribution in [3.05, 3.63) is 58.9 Å². The van der Waals surface area contributed by atoms with Crippen LogP contribution in [0, 0.1) is 6.92 Å². The molecule has 0 aliphatic heterocycles. The highest BCUT2D eigenvalue weighted by Gasteiger charge is 2.06. The van der Waals surface area contributed by atoms with Crippen molar-refractivity contribution in [1.82, 2.24) is 4.98 Å². The summed E-state index contributed by atoms with van der Waals surface area (Å²) in [5.41, 5.74) is 2.77. The van der Waals surface area contributed by atoms with Crippen LogP contribution in [0.1, 0.15) is 17.5 Å². The van der Waals surface area contributed by atoms with E-state index < -0.39 is 0 Å². The molecule has 1 N–H and O–H groups in total. The largest absolute Gasteiger partial charge is 0.326 e. The van der Waals surface area contributed by atoms with Crippen LogP contribution in [0.2, 0.25) is 5.02 Å². The summed E-state index contributed by atoms with van der Waals surface area (Å²) in [4.78, 5) is 15.8. The minimum atomic E-state index is -0.0119. The van der Waals surface area contributed by atoms with Crippen molar-refractivity contribution in [1.29, 1.82) is 0 Å². The van der Waals surface area contributed by atoms with Crippen LogP contribution >= 0.6 is 11.6 Å². The first-order chi connectivity index (χ1) is 9.16. The van der Waals surface area contributed by atoms with Crippen LogP contribution < -0.4 is 5.32 Å². The van der Waals surface area contributed by atoms with Crippen LogP contribution in [0.5, 0.6) is 0 Å². The predicted octanol–water partition coefficient (Wildman–Crippen LogP) is 3.61. The van der Waals surface area contributed by atoms with E-state index >= 15 is 0 Å². The SMILES string of the molecule is Cc1c(Cl)cccc1NC(=O)CCc1ccncc1. The fraction of sp³-hybridized carbons (Fsp3) is 0.200. The molecule has 0 bridgehead atoms. The zero-order chi connectivity index (χ0) is 13.7. The van der Waals surface area contributed by atoms with E-state index in [-0.39, 0.29) is 5.91 Å². The van der Waals surface area contributed by atoms with Crippen LogP contribution in [0.25, 0.3) is 0 Å². The Labute approximate surface area is 117 Å². The van der Waals surface area contributed by atoms with Crippen LogP contribution in [0.4, 0.5) is 5.69 Å². The number of halogens is 1. The number of rotatable bonds is 4. The summed E-state index contributed by atoms with van der Waals surface area (Å²) in [7, 11) is 0. The lowest BCUT2D eigenvalue weighted by molar-refractivity contribution is -0.116. The highest BCUT2D eigenvalue weighted by molar-refractivity contribution is 6.31. The van der Waals surface area contributed by atoms with E-state index in [0.717, 1.165) is 16.8 Å². The number of hydrogen-bond acceptors (Lipinski definition) is 2. The molecule has 0 atom stereocenters. The van der Waals surface area contributed by atoms with Gasteiger partial charge in [-0.1, -0.05) is 17.7 Å². The molecule has 98 valence electrons.